The van der Waals surface area contributed by atoms with Gasteiger partial charge >= 0.3 is 0 Å². The Morgan fingerprint density at radius 3 is 2.69 bits per heavy atom. The van der Waals surface area contributed by atoms with Crippen molar-refractivity contribution in [2.45, 2.75) is 0 Å². The molecular formula is C8H11ClN4. The van der Waals surface area contributed by atoms with Crippen molar-refractivity contribution in [3.8, 4) is 0 Å². The molecule has 3 N–H and O–H groups in total. The van der Waals surface area contributed by atoms with E-state index in [1.54, 1.807) is 12.4 Å². The minimum atomic E-state index is 0.531. The molecule has 0 amide bonds. The van der Waals surface area contributed by atoms with E-state index in [4.69, 9.17) is 17.3 Å². The fourth-order valence-corrected chi connectivity index (χ4v) is 0.831. The minimum absolute atomic E-state index is 0.531. The van der Waals surface area contributed by atoms with Crippen LogP contribution in [0.1, 0.15) is 0 Å². The second-order valence-corrected chi connectivity index (χ2v) is 2.75. The van der Waals surface area contributed by atoms with E-state index in [9.17, 15) is 0 Å². The molecule has 1 aromatic rings. The van der Waals surface area contributed by atoms with Crippen molar-refractivity contribution in [3.05, 3.63) is 29.6 Å². The van der Waals surface area contributed by atoms with Crippen molar-refractivity contribution in [3.63, 3.8) is 0 Å². The van der Waals surface area contributed by atoms with Gasteiger partial charge < -0.3 is 11.1 Å². The number of hydrogen-bond acceptors (Lipinski definition) is 4. The molecule has 0 atom stereocenters. The second kappa shape index (κ2) is 5.50. The summed E-state index contributed by atoms with van der Waals surface area (Å²) in [6.07, 6.45) is 6.87. The van der Waals surface area contributed by atoms with Crippen LogP contribution in [0, 0.1) is 0 Å². The Labute approximate surface area is 81.8 Å². The first kappa shape index (κ1) is 9.95. The highest BCUT2D eigenvalue weighted by atomic mass is 35.5. The summed E-state index contributed by atoms with van der Waals surface area (Å²) in [5.74, 6) is 0.561. The Hall–Kier alpha value is -1.13. The first-order chi connectivity index (χ1) is 6.33. The molecule has 0 radical (unpaired) electrons. The van der Waals surface area contributed by atoms with Gasteiger partial charge in [0, 0.05) is 13.1 Å². The normalized spacial score (nSPS) is 10.6. The maximum atomic E-state index is 5.61. The summed E-state index contributed by atoms with van der Waals surface area (Å²) >= 11 is 5.61. The van der Waals surface area contributed by atoms with E-state index in [2.05, 4.69) is 15.3 Å². The van der Waals surface area contributed by atoms with Crippen LogP contribution in [-0.2, 0) is 0 Å². The van der Waals surface area contributed by atoms with Crippen LogP contribution >= 0.6 is 11.6 Å². The molecule has 0 spiro atoms. The summed E-state index contributed by atoms with van der Waals surface area (Å²) in [4.78, 5) is 7.91. The lowest BCUT2D eigenvalue weighted by atomic mass is 10.5. The van der Waals surface area contributed by atoms with Gasteiger partial charge in [-0.05, 0) is 0 Å². The Morgan fingerprint density at radius 1 is 1.38 bits per heavy atom. The molecule has 0 aromatic carbocycles. The van der Waals surface area contributed by atoms with Crippen LogP contribution in [0.25, 0.3) is 0 Å². The maximum Gasteiger partial charge on any atom is 0.222 e. The smallest absolute Gasteiger partial charge is 0.222 e. The standard InChI is InChI=1S/C8H11ClN4/c9-7-5-12-8(13-6-7)11-4-2-1-3-10/h1-2,5-6H,3-4,10H2,(H,11,12,13)/b2-1+. The zero-order valence-corrected chi connectivity index (χ0v) is 7.83. The molecule has 0 fully saturated rings. The molecule has 1 heterocycles. The molecule has 1 rings (SSSR count). The summed E-state index contributed by atoms with van der Waals surface area (Å²) in [5.41, 5.74) is 5.26. The van der Waals surface area contributed by atoms with Gasteiger partial charge in [-0.15, -0.1) is 0 Å². The predicted octanol–water partition coefficient (Wildman–Crippen LogP) is 1.06. The van der Waals surface area contributed by atoms with E-state index in [0.717, 1.165) is 0 Å². The molecule has 0 aliphatic rings. The lowest BCUT2D eigenvalue weighted by Gasteiger charge is -1.99. The Bertz CT molecular complexity index is 270. The van der Waals surface area contributed by atoms with Gasteiger partial charge in [0.2, 0.25) is 5.95 Å². The quantitative estimate of drug-likeness (QED) is 0.711. The van der Waals surface area contributed by atoms with Crippen LogP contribution in [0.5, 0.6) is 0 Å². The first-order valence-electron chi connectivity index (χ1n) is 3.89. The van der Waals surface area contributed by atoms with E-state index < -0.39 is 0 Å². The molecule has 70 valence electrons. The zero-order valence-electron chi connectivity index (χ0n) is 7.07. The average molecular weight is 199 g/mol. The van der Waals surface area contributed by atoms with Gasteiger partial charge in [0.05, 0.1) is 17.4 Å². The van der Waals surface area contributed by atoms with Crippen molar-refractivity contribution >= 4 is 17.5 Å². The van der Waals surface area contributed by atoms with Crippen LogP contribution < -0.4 is 11.1 Å². The molecule has 4 nitrogen and oxygen atoms in total. The number of rotatable bonds is 4. The van der Waals surface area contributed by atoms with Gasteiger partial charge in [-0.2, -0.15) is 0 Å². The van der Waals surface area contributed by atoms with Gasteiger partial charge in [-0.25, -0.2) is 9.97 Å². The molecular weight excluding hydrogens is 188 g/mol. The topological polar surface area (TPSA) is 63.8 Å². The van der Waals surface area contributed by atoms with Crippen LogP contribution in [0.3, 0.4) is 0 Å². The van der Waals surface area contributed by atoms with Gasteiger partial charge in [-0.3, -0.25) is 0 Å². The lowest BCUT2D eigenvalue weighted by Crippen LogP contribution is -2.03. The molecule has 0 saturated carbocycles. The highest BCUT2D eigenvalue weighted by Gasteiger charge is 1.91. The lowest BCUT2D eigenvalue weighted by molar-refractivity contribution is 1.11. The van der Waals surface area contributed by atoms with E-state index in [-0.39, 0.29) is 0 Å². The number of nitrogens with two attached hydrogens (primary N) is 1. The van der Waals surface area contributed by atoms with Gasteiger partial charge in [0.1, 0.15) is 0 Å². The first-order valence-corrected chi connectivity index (χ1v) is 4.27. The fourth-order valence-electron chi connectivity index (χ4n) is 0.733. The molecule has 0 aliphatic carbocycles. The SMILES string of the molecule is NC/C=C/CNc1ncc(Cl)cn1. The van der Waals surface area contributed by atoms with Crippen LogP contribution in [0.15, 0.2) is 24.5 Å². The Balaban J connectivity index is 2.37. The molecule has 0 aliphatic heterocycles. The third-order valence-corrected chi connectivity index (χ3v) is 1.50. The van der Waals surface area contributed by atoms with Crippen molar-refractivity contribution in [1.29, 1.82) is 0 Å². The van der Waals surface area contributed by atoms with Crippen LogP contribution in [0.2, 0.25) is 5.02 Å². The van der Waals surface area contributed by atoms with Crippen molar-refractivity contribution in [2.24, 2.45) is 5.73 Å². The molecule has 0 unspecified atom stereocenters. The van der Waals surface area contributed by atoms with Crippen molar-refractivity contribution < 1.29 is 0 Å². The highest BCUT2D eigenvalue weighted by Crippen LogP contribution is 2.04. The molecule has 13 heavy (non-hydrogen) atoms. The fraction of sp³-hybridized carbons (Fsp3) is 0.250. The minimum Gasteiger partial charge on any atom is -0.351 e. The average Bonchev–Trinajstić information content (AvgIpc) is 2.15. The van der Waals surface area contributed by atoms with Crippen molar-refractivity contribution in [2.75, 3.05) is 18.4 Å². The summed E-state index contributed by atoms with van der Waals surface area (Å²) in [5, 5.41) is 3.51. The Kier molecular flexibility index (Phi) is 4.21. The van der Waals surface area contributed by atoms with Gasteiger partial charge in [-0.1, -0.05) is 23.8 Å². The Morgan fingerprint density at radius 2 is 2.08 bits per heavy atom. The predicted molar refractivity (Wildman–Crippen MR) is 53.7 cm³/mol. The number of nitrogens with zero attached hydrogens (tertiary/aromatic N) is 2. The third-order valence-electron chi connectivity index (χ3n) is 1.30. The number of halogens is 1. The number of nitrogens with one attached hydrogen (secondary N) is 1. The van der Waals surface area contributed by atoms with Gasteiger partial charge in [0.15, 0.2) is 0 Å². The van der Waals surface area contributed by atoms with E-state index >= 15 is 0 Å². The second-order valence-electron chi connectivity index (χ2n) is 2.31. The largest absolute Gasteiger partial charge is 0.351 e. The molecule has 0 bridgehead atoms. The number of anilines is 1. The number of hydrogen-bond donors (Lipinski definition) is 2. The van der Waals surface area contributed by atoms with E-state index in [1.807, 2.05) is 12.2 Å². The summed E-state index contributed by atoms with van der Waals surface area (Å²) < 4.78 is 0. The number of aromatic nitrogens is 2. The molecule has 0 saturated heterocycles. The maximum absolute atomic E-state index is 5.61. The molecule has 1 aromatic heterocycles. The molecule has 5 heteroatoms. The summed E-state index contributed by atoms with van der Waals surface area (Å²) in [6, 6.07) is 0. The summed E-state index contributed by atoms with van der Waals surface area (Å²) in [7, 11) is 0. The van der Waals surface area contributed by atoms with Crippen LogP contribution in [0.4, 0.5) is 5.95 Å². The van der Waals surface area contributed by atoms with E-state index in [1.165, 1.54) is 0 Å². The van der Waals surface area contributed by atoms with Crippen molar-refractivity contribution in [1.82, 2.24) is 9.97 Å². The highest BCUT2D eigenvalue weighted by molar-refractivity contribution is 6.30. The van der Waals surface area contributed by atoms with Crippen LogP contribution in [-0.4, -0.2) is 23.1 Å². The third kappa shape index (κ3) is 3.87. The monoisotopic (exact) mass is 198 g/mol. The zero-order chi connectivity index (χ0) is 9.52. The van der Waals surface area contributed by atoms with Gasteiger partial charge in [0.25, 0.3) is 0 Å². The van der Waals surface area contributed by atoms with E-state index in [0.29, 0.717) is 24.1 Å². The summed E-state index contributed by atoms with van der Waals surface area (Å²) in [6.45, 7) is 1.21.